The van der Waals surface area contributed by atoms with Crippen LogP contribution in [0.5, 0.6) is 0 Å². The van der Waals surface area contributed by atoms with Gasteiger partial charge in [-0.1, -0.05) is 23.7 Å². The molecule has 0 radical (unpaired) electrons. The van der Waals surface area contributed by atoms with Crippen LogP contribution in [-0.2, 0) is 6.54 Å². The Morgan fingerprint density at radius 2 is 2.00 bits per heavy atom. The fourth-order valence-corrected chi connectivity index (χ4v) is 2.36. The lowest BCUT2D eigenvalue weighted by Crippen LogP contribution is -2.45. The molecular formula is C16H25ClN4. The Bertz CT molecular complexity index is 468. The van der Waals surface area contributed by atoms with E-state index in [1.807, 2.05) is 24.3 Å². The van der Waals surface area contributed by atoms with Gasteiger partial charge in [0.25, 0.3) is 0 Å². The number of benzene rings is 1. The fourth-order valence-electron chi connectivity index (χ4n) is 2.24. The molecule has 5 heteroatoms. The third-order valence-corrected chi connectivity index (χ3v) is 4.23. The summed E-state index contributed by atoms with van der Waals surface area (Å²) in [7, 11) is 4.00. The van der Waals surface area contributed by atoms with E-state index in [2.05, 4.69) is 34.5 Å². The van der Waals surface area contributed by atoms with Crippen molar-refractivity contribution in [2.45, 2.75) is 38.4 Å². The molecule has 0 aliphatic heterocycles. The smallest absolute Gasteiger partial charge is 0.191 e. The Kier molecular flexibility index (Phi) is 5.88. The molecule has 2 rings (SSSR count). The maximum atomic E-state index is 5.89. The Morgan fingerprint density at radius 1 is 1.33 bits per heavy atom. The number of nitrogens with one attached hydrogen (secondary N) is 2. The summed E-state index contributed by atoms with van der Waals surface area (Å²) in [5, 5.41) is 7.47. The summed E-state index contributed by atoms with van der Waals surface area (Å²) in [5.41, 5.74) is 1.19. The Morgan fingerprint density at radius 3 is 2.57 bits per heavy atom. The highest BCUT2D eigenvalue weighted by molar-refractivity contribution is 6.30. The largest absolute Gasteiger partial charge is 0.355 e. The van der Waals surface area contributed by atoms with Crippen LogP contribution in [0.15, 0.2) is 29.3 Å². The van der Waals surface area contributed by atoms with Crippen LogP contribution in [0.3, 0.4) is 0 Å². The first-order chi connectivity index (χ1) is 10.1. The minimum absolute atomic E-state index is 0.506. The molecule has 2 N–H and O–H groups in total. The van der Waals surface area contributed by atoms with Crippen molar-refractivity contribution < 1.29 is 0 Å². The number of halogens is 1. The summed E-state index contributed by atoms with van der Waals surface area (Å²) >= 11 is 5.89. The molecule has 1 saturated carbocycles. The van der Waals surface area contributed by atoms with Gasteiger partial charge in [0.2, 0.25) is 0 Å². The molecule has 1 atom stereocenters. The molecule has 1 aliphatic rings. The zero-order chi connectivity index (χ0) is 15.2. The van der Waals surface area contributed by atoms with Crippen LogP contribution >= 0.6 is 11.6 Å². The van der Waals surface area contributed by atoms with Crippen LogP contribution < -0.4 is 10.6 Å². The van der Waals surface area contributed by atoms with Crippen molar-refractivity contribution >= 4 is 17.6 Å². The van der Waals surface area contributed by atoms with Crippen LogP contribution in [-0.4, -0.2) is 43.6 Å². The molecule has 1 unspecified atom stereocenters. The molecule has 1 aromatic rings. The third kappa shape index (κ3) is 5.21. The minimum Gasteiger partial charge on any atom is -0.355 e. The van der Waals surface area contributed by atoms with Gasteiger partial charge in [-0.05, 0) is 44.5 Å². The van der Waals surface area contributed by atoms with Gasteiger partial charge < -0.3 is 10.6 Å². The third-order valence-electron chi connectivity index (χ3n) is 3.98. The van der Waals surface area contributed by atoms with Gasteiger partial charge in [0, 0.05) is 37.2 Å². The van der Waals surface area contributed by atoms with Crippen molar-refractivity contribution in [1.29, 1.82) is 0 Å². The summed E-state index contributed by atoms with van der Waals surface area (Å²) in [4.78, 5) is 6.71. The monoisotopic (exact) mass is 308 g/mol. The zero-order valence-electron chi connectivity index (χ0n) is 13.1. The van der Waals surface area contributed by atoms with Gasteiger partial charge >= 0.3 is 0 Å². The SMILES string of the molecule is CN=C(NCc1ccc(Cl)cc1)NCC(C)N(C)C1CC1. The molecule has 1 fully saturated rings. The van der Waals surface area contributed by atoms with E-state index in [4.69, 9.17) is 11.6 Å². The highest BCUT2D eigenvalue weighted by atomic mass is 35.5. The molecule has 1 aromatic carbocycles. The second-order valence-electron chi connectivity index (χ2n) is 5.68. The lowest BCUT2D eigenvalue weighted by molar-refractivity contribution is 0.247. The van der Waals surface area contributed by atoms with E-state index < -0.39 is 0 Å². The molecule has 1 aliphatic carbocycles. The van der Waals surface area contributed by atoms with Crippen LogP contribution in [0, 0.1) is 0 Å². The maximum absolute atomic E-state index is 5.89. The molecule has 0 amide bonds. The van der Waals surface area contributed by atoms with E-state index in [0.717, 1.165) is 30.1 Å². The molecule has 0 bridgehead atoms. The average molecular weight is 309 g/mol. The number of hydrogen-bond donors (Lipinski definition) is 2. The predicted octanol–water partition coefficient (Wildman–Crippen LogP) is 2.49. The second kappa shape index (κ2) is 7.66. The number of nitrogens with zero attached hydrogens (tertiary/aromatic N) is 2. The van der Waals surface area contributed by atoms with Crippen LogP contribution in [0.25, 0.3) is 0 Å². The van der Waals surface area contributed by atoms with Crippen molar-refractivity contribution in [3.63, 3.8) is 0 Å². The van der Waals surface area contributed by atoms with Gasteiger partial charge in [0.1, 0.15) is 0 Å². The molecule has 0 heterocycles. The van der Waals surface area contributed by atoms with Gasteiger partial charge in [-0.2, -0.15) is 0 Å². The summed E-state index contributed by atoms with van der Waals surface area (Å²) in [6, 6.07) is 9.14. The van der Waals surface area contributed by atoms with E-state index in [0.29, 0.717) is 6.04 Å². The Hall–Kier alpha value is -1.26. The van der Waals surface area contributed by atoms with Gasteiger partial charge in [-0.15, -0.1) is 0 Å². The lowest BCUT2D eigenvalue weighted by atomic mass is 10.2. The standard InChI is InChI=1S/C16H25ClN4/c1-12(21(3)15-8-9-15)10-19-16(18-2)20-11-13-4-6-14(17)7-5-13/h4-7,12,15H,8-11H2,1-3H3,(H2,18,19,20). The normalized spacial score (nSPS) is 16.9. The van der Waals surface area contributed by atoms with Gasteiger partial charge in [-0.3, -0.25) is 9.89 Å². The van der Waals surface area contributed by atoms with E-state index in [1.165, 1.54) is 18.4 Å². The van der Waals surface area contributed by atoms with Crippen molar-refractivity contribution in [3.8, 4) is 0 Å². The van der Waals surface area contributed by atoms with Crippen LogP contribution in [0.1, 0.15) is 25.3 Å². The minimum atomic E-state index is 0.506. The van der Waals surface area contributed by atoms with E-state index in [9.17, 15) is 0 Å². The first-order valence-corrected chi connectivity index (χ1v) is 7.89. The van der Waals surface area contributed by atoms with Crippen molar-refractivity contribution in [3.05, 3.63) is 34.9 Å². The lowest BCUT2D eigenvalue weighted by Gasteiger charge is -2.25. The zero-order valence-corrected chi connectivity index (χ0v) is 13.8. The van der Waals surface area contributed by atoms with Gasteiger partial charge in [0.15, 0.2) is 5.96 Å². The van der Waals surface area contributed by atoms with Crippen molar-refractivity contribution in [2.24, 2.45) is 4.99 Å². The molecule has 0 spiro atoms. The number of hydrogen-bond acceptors (Lipinski definition) is 2. The van der Waals surface area contributed by atoms with Gasteiger partial charge in [-0.25, -0.2) is 0 Å². The van der Waals surface area contributed by atoms with Crippen molar-refractivity contribution in [2.75, 3.05) is 20.6 Å². The van der Waals surface area contributed by atoms with E-state index >= 15 is 0 Å². The Balaban J connectivity index is 1.74. The first-order valence-electron chi connectivity index (χ1n) is 7.51. The molecule has 4 nitrogen and oxygen atoms in total. The number of rotatable bonds is 6. The van der Waals surface area contributed by atoms with E-state index in [1.54, 1.807) is 7.05 Å². The maximum Gasteiger partial charge on any atom is 0.191 e. The topological polar surface area (TPSA) is 39.7 Å². The average Bonchev–Trinajstić information content (AvgIpc) is 3.32. The van der Waals surface area contributed by atoms with Crippen LogP contribution in [0.4, 0.5) is 0 Å². The number of guanidine groups is 1. The molecular weight excluding hydrogens is 284 g/mol. The van der Waals surface area contributed by atoms with Gasteiger partial charge in [0.05, 0.1) is 0 Å². The quantitative estimate of drug-likeness (QED) is 0.626. The second-order valence-corrected chi connectivity index (χ2v) is 6.12. The first kappa shape index (κ1) is 16.1. The summed E-state index contributed by atoms with van der Waals surface area (Å²) in [6.45, 7) is 3.88. The highest BCUT2D eigenvalue weighted by Crippen LogP contribution is 2.26. The number of likely N-dealkylation sites (N-methyl/N-ethyl adjacent to an activating group) is 1. The highest BCUT2D eigenvalue weighted by Gasteiger charge is 2.28. The molecule has 0 aromatic heterocycles. The molecule has 21 heavy (non-hydrogen) atoms. The molecule has 0 saturated heterocycles. The number of aliphatic imine (C=N–C) groups is 1. The fraction of sp³-hybridized carbons (Fsp3) is 0.562. The summed E-state index contributed by atoms with van der Waals surface area (Å²) < 4.78 is 0. The summed E-state index contributed by atoms with van der Waals surface area (Å²) in [5.74, 6) is 0.834. The van der Waals surface area contributed by atoms with E-state index in [-0.39, 0.29) is 0 Å². The molecule has 116 valence electrons. The van der Waals surface area contributed by atoms with Crippen LogP contribution in [0.2, 0.25) is 5.02 Å². The summed E-state index contributed by atoms with van der Waals surface area (Å²) in [6.07, 6.45) is 2.68. The predicted molar refractivity (Wildman–Crippen MR) is 89.9 cm³/mol. The van der Waals surface area contributed by atoms with Crippen molar-refractivity contribution in [1.82, 2.24) is 15.5 Å². The Labute approximate surface area is 132 Å².